The van der Waals surface area contributed by atoms with E-state index in [0.717, 1.165) is 0 Å². The third-order valence-corrected chi connectivity index (χ3v) is 3.93. The standard InChI is InChI=1S/C20H24O6/c21-11-1-3-13-25-19(23)17-9-5-8-16-15(17)7-6-10-18(16)20(24)26-14-4-2-12-22/h5-10,21-22H,1-4,11-14H2. The van der Waals surface area contributed by atoms with Crippen molar-refractivity contribution in [2.75, 3.05) is 26.4 Å². The second-order valence-electron chi connectivity index (χ2n) is 5.84. The quantitative estimate of drug-likeness (QED) is 0.500. The van der Waals surface area contributed by atoms with Gasteiger partial charge in [0.05, 0.1) is 24.3 Å². The lowest BCUT2D eigenvalue weighted by molar-refractivity contribution is 0.0484. The molecule has 0 radical (unpaired) electrons. The first kappa shape index (κ1) is 19.9. The third kappa shape index (κ3) is 5.28. The lowest BCUT2D eigenvalue weighted by Gasteiger charge is -2.10. The summed E-state index contributed by atoms with van der Waals surface area (Å²) in [5.74, 6) is -0.913. The molecule has 2 aromatic rings. The zero-order valence-electron chi connectivity index (χ0n) is 14.6. The molecule has 2 N–H and O–H groups in total. The molecule has 2 aromatic carbocycles. The summed E-state index contributed by atoms with van der Waals surface area (Å²) in [7, 11) is 0. The average Bonchev–Trinajstić information content (AvgIpc) is 2.67. The maximum absolute atomic E-state index is 12.3. The van der Waals surface area contributed by atoms with Crippen LogP contribution in [0.3, 0.4) is 0 Å². The van der Waals surface area contributed by atoms with E-state index in [1.165, 1.54) is 0 Å². The van der Waals surface area contributed by atoms with Gasteiger partial charge in [0, 0.05) is 13.2 Å². The molecular formula is C20H24O6. The summed E-state index contributed by atoms with van der Waals surface area (Å²) in [6.07, 6.45) is 2.35. The van der Waals surface area contributed by atoms with E-state index in [1.807, 2.05) is 0 Å². The monoisotopic (exact) mass is 360 g/mol. The first-order valence-corrected chi connectivity index (χ1v) is 8.76. The Morgan fingerprint density at radius 2 is 1.12 bits per heavy atom. The van der Waals surface area contributed by atoms with Crippen molar-refractivity contribution in [1.82, 2.24) is 0 Å². The fourth-order valence-corrected chi connectivity index (χ4v) is 2.58. The Labute approximate surface area is 152 Å². The molecule has 0 fully saturated rings. The molecule has 0 aliphatic rings. The molecule has 0 spiro atoms. The molecule has 0 unspecified atom stereocenters. The van der Waals surface area contributed by atoms with Crippen molar-refractivity contribution in [2.45, 2.75) is 25.7 Å². The van der Waals surface area contributed by atoms with Crippen LogP contribution >= 0.6 is 0 Å². The molecule has 0 heterocycles. The topological polar surface area (TPSA) is 93.1 Å². The Balaban J connectivity index is 2.17. The fourth-order valence-electron chi connectivity index (χ4n) is 2.58. The second-order valence-corrected chi connectivity index (χ2v) is 5.84. The predicted octanol–water partition coefficient (Wildman–Crippen LogP) is 2.70. The fraction of sp³-hybridized carbons (Fsp3) is 0.400. The summed E-state index contributed by atoms with van der Waals surface area (Å²) in [6, 6.07) is 10.3. The summed E-state index contributed by atoms with van der Waals surface area (Å²) in [5, 5.41) is 18.8. The number of aliphatic hydroxyl groups excluding tert-OH is 2. The molecule has 6 heteroatoms. The lowest BCUT2D eigenvalue weighted by Crippen LogP contribution is -2.10. The van der Waals surface area contributed by atoms with Gasteiger partial charge in [-0.2, -0.15) is 0 Å². The van der Waals surface area contributed by atoms with E-state index < -0.39 is 11.9 Å². The first-order valence-electron chi connectivity index (χ1n) is 8.76. The first-order chi connectivity index (χ1) is 12.7. The van der Waals surface area contributed by atoms with E-state index in [0.29, 0.717) is 47.6 Å². The van der Waals surface area contributed by atoms with Crippen LogP contribution in [-0.4, -0.2) is 48.6 Å². The van der Waals surface area contributed by atoms with Crippen LogP contribution in [0.25, 0.3) is 10.8 Å². The average molecular weight is 360 g/mol. The number of esters is 2. The summed E-state index contributed by atoms with van der Waals surface area (Å²) >= 11 is 0. The van der Waals surface area contributed by atoms with Crippen LogP contribution in [0.2, 0.25) is 0 Å². The van der Waals surface area contributed by atoms with Gasteiger partial charge in [0.15, 0.2) is 0 Å². The van der Waals surface area contributed by atoms with Gasteiger partial charge in [-0.05, 0) is 48.6 Å². The SMILES string of the molecule is O=C(OCCCCO)c1cccc2c(C(=O)OCCCCO)cccc12. The van der Waals surface area contributed by atoms with E-state index in [-0.39, 0.29) is 26.4 Å². The minimum atomic E-state index is -0.456. The van der Waals surface area contributed by atoms with Gasteiger partial charge in [0.2, 0.25) is 0 Å². The number of hydrogen-bond acceptors (Lipinski definition) is 6. The number of benzene rings is 2. The smallest absolute Gasteiger partial charge is 0.338 e. The van der Waals surface area contributed by atoms with Crippen LogP contribution in [0.15, 0.2) is 36.4 Å². The zero-order valence-corrected chi connectivity index (χ0v) is 14.6. The molecule has 0 saturated heterocycles. The molecule has 0 atom stereocenters. The van der Waals surface area contributed by atoms with E-state index in [9.17, 15) is 9.59 Å². The highest BCUT2D eigenvalue weighted by Crippen LogP contribution is 2.24. The van der Waals surface area contributed by atoms with Crippen LogP contribution < -0.4 is 0 Å². The van der Waals surface area contributed by atoms with Gasteiger partial charge in [-0.1, -0.05) is 24.3 Å². The summed E-state index contributed by atoms with van der Waals surface area (Å²) < 4.78 is 10.5. The van der Waals surface area contributed by atoms with Gasteiger partial charge in [0.1, 0.15) is 0 Å². The third-order valence-electron chi connectivity index (χ3n) is 3.93. The molecule has 2 rings (SSSR count). The summed E-state index contributed by atoms with van der Waals surface area (Å²) in [6.45, 7) is 0.607. The molecule has 0 saturated carbocycles. The Morgan fingerprint density at radius 3 is 1.50 bits per heavy atom. The van der Waals surface area contributed by atoms with Gasteiger partial charge in [-0.15, -0.1) is 0 Å². The minimum absolute atomic E-state index is 0.0651. The van der Waals surface area contributed by atoms with Gasteiger partial charge in [-0.25, -0.2) is 9.59 Å². The van der Waals surface area contributed by atoms with E-state index in [1.54, 1.807) is 36.4 Å². The number of unbranched alkanes of at least 4 members (excludes halogenated alkanes) is 2. The van der Waals surface area contributed by atoms with E-state index in [2.05, 4.69) is 0 Å². The maximum Gasteiger partial charge on any atom is 0.338 e. The van der Waals surface area contributed by atoms with Crippen molar-refractivity contribution in [3.63, 3.8) is 0 Å². The number of carbonyl (C=O) groups is 2. The zero-order chi connectivity index (χ0) is 18.8. The second kappa shape index (κ2) is 10.5. The molecule has 0 aliphatic heterocycles. The molecule has 0 amide bonds. The van der Waals surface area contributed by atoms with Crippen molar-refractivity contribution in [3.05, 3.63) is 47.5 Å². The number of hydrogen-bond donors (Lipinski definition) is 2. The molecule has 0 bridgehead atoms. The van der Waals surface area contributed by atoms with Crippen LogP contribution in [-0.2, 0) is 9.47 Å². The Morgan fingerprint density at radius 1 is 0.692 bits per heavy atom. The maximum atomic E-state index is 12.3. The van der Waals surface area contributed by atoms with E-state index >= 15 is 0 Å². The molecule has 26 heavy (non-hydrogen) atoms. The van der Waals surface area contributed by atoms with Gasteiger partial charge in [-0.3, -0.25) is 0 Å². The molecule has 0 aromatic heterocycles. The lowest BCUT2D eigenvalue weighted by atomic mass is 10.00. The highest BCUT2D eigenvalue weighted by molar-refractivity contribution is 6.11. The van der Waals surface area contributed by atoms with Crippen molar-refractivity contribution in [1.29, 1.82) is 0 Å². The molecule has 0 aliphatic carbocycles. The predicted molar refractivity (Wildman–Crippen MR) is 97.2 cm³/mol. The number of aliphatic hydroxyl groups is 2. The van der Waals surface area contributed by atoms with Gasteiger partial charge < -0.3 is 19.7 Å². The van der Waals surface area contributed by atoms with Crippen LogP contribution in [0.5, 0.6) is 0 Å². The van der Waals surface area contributed by atoms with Crippen LogP contribution in [0.1, 0.15) is 46.4 Å². The van der Waals surface area contributed by atoms with E-state index in [4.69, 9.17) is 19.7 Å². The van der Waals surface area contributed by atoms with Gasteiger partial charge in [0.25, 0.3) is 0 Å². The summed E-state index contributed by atoms with van der Waals surface area (Å²) in [5.41, 5.74) is 0.780. The number of fused-ring (bicyclic) bond motifs is 1. The van der Waals surface area contributed by atoms with Crippen molar-refractivity contribution in [2.24, 2.45) is 0 Å². The van der Waals surface area contributed by atoms with Crippen molar-refractivity contribution >= 4 is 22.7 Å². The Hall–Kier alpha value is -2.44. The number of ether oxygens (including phenoxy) is 2. The van der Waals surface area contributed by atoms with Crippen LogP contribution in [0.4, 0.5) is 0 Å². The number of rotatable bonds is 10. The summed E-state index contributed by atoms with van der Waals surface area (Å²) in [4.78, 5) is 24.6. The minimum Gasteiger partial charge on any atom is -0.462 e. The number of carbonyl (C=O) groups excluding carboxylic acids is 2. The highest BCUT2D eigenvalue weighted by Gasteiger charge is 2.16. The largest absolute Gasteiger partial charge is 0.462 e. The van der Waals surface area contributed by atoms with Crippen LogP contribution in [0, 0.1) is 0 Å². The molecule has 6 nitrogen and oxygen atoms in total. The molecular weight excluding hydrogens is 336 g/mol. The normalized spacial score (nSPS) is 10.7. The highest BCUT2D eigenvalue weighted by atomic mass is 16.5. The van der Waals surface area contributed by atoms with Crippen molar-refractivity contribution < 1.29 is 29.3 Å². The van der Waals surface area contributed by atoms with Crippen molar-refractivity contribution in [3.8, 4) is 0 Å². The van der Waals surface area contributed by atoms with Gasteiger partial charge >= 0.3 is 11.9 Å². The molecule has 140 valence electrons. The Kier molecular flexibility index (Phi) is 8.05. The Bertz CT molecular complexity index is 677.